The first-order valence-electron chi connectivity index (χ1n) is 6.90. The number of aromatic carboxylic acids is 1. The molecule has 2 atom stereocenters. The number of benzene rings is 1. The Hall–Kier alpha value is -1.03. The molecule has 0 spiro atoms. The summed E-state index contributed by atoms with van der Waals surface area (Å²) in [5.41, 5.74) is 1.06. The zero-order valence-corrected chi connectivity index (χ0v) is 12.7. The van der Waals surface area contributed by atoms with E-state index in [0.717, 1.165) is 24.4 Å². The van der Waals surface area contributed by atoms with Gasteiger partial charge in [-0.15, -0.1) is 0 Å². The third-order valence-corrected chi connectivity index (χ3v) is 4.61. The Morgan fingerprint density at radius 2 is 2.26 bits per heavy atom. The topological polar surface area (TPSA) is 49.3 Å². The van der Waals surface area contributed by atoms with Crippen LogP contribution in [0.5, 0.6) is 0 Å². The Balaban J connectivity index is 2.14. The third-order valence-electron chi connectivity index (χ3n) is 3.95. The van der Waals surface area contributed by atoms with Gasteiger partial charge in [0.1, 0.15) is 0 Å². The average Bonchev–Trinajstić information content (AvgIpc) is 2.38. The lowest BCUT2D eigenvalue weighted by Gasteiger charge is -2.30. The summed E-state index contributed by atoms with van der Waals surface area (Å²) in [6.07, 6.45) is 6.01. The second-order valence-corrected chi connectivity index (χ2v) is 6.10. The number of halogens is 1. The van der Waals surface area contributed by atoms with E-state index >= 15 is 0 Å². The van der Waals surface area contributed by atoms with Crippen LogP contribution in [-0.4, -0.2) is 17.1 Å². The Kier molecular flexibility index (Phi) is 4.86. The van der Waals surface area contributed by atoms with Crippen molar-refractivity contribution in [2.24, 2.45) is 5.92 Å². The van der Waals surface area contributed by atoms with Crippen molar-refractivity contribution in [1.82, 2.24) is 0 Å². The van der Waals surface area contributed by atoms with Gasteiger partial charge in [0.15, 0.2) is 0 Å². The Morgan fingerprint density at radius 1 is 1.47 bits per heavy atom. The van der Waals surface area contributed by atoms with E-state index in [1.807, 2.05) is 12.1 Å². The van der Waals surface area contributed by atoms with E-state index in [2.05, 4.69) is 28.2 Å². The standard InChI is InChI=1S/C15H20BrNO2/c1-2-10-5-3-6-11(9-10)17-13-8-4-7-12(16)14(13)15(18)19/h4,7-8,10-11,17H,2-3,5-6,9H2,1H3,(H,18,19). The summed E-state index contributed by atoms with van der Waals surface area (Å²) in [5.74, 6) is -0.121. The van der Waals surface area contributed by atoms with E-state index in [0.29, 0.717) is 16.1 Å². The predicted molar refractivity (Wildman–Crippen MR) is 80.8 cm³/mol. The van der Waals surface area contributed by atoms with Crippen LogP contribution >= 0.6 is 15.9 Å². The molecule has 3 nitrogen and oxygen atoms in total. The highest BCUT2D eigenvalue weighted by atomic mass is 79.9. The number of hydrogen-bond donors (Lipinski definition) is 2. The van der Waals surface area contributed by atoms with Crippen LogP contribution in [0.1, 0.15) is 49.4 Å². The summed E-state index contributed by atoms with van der Waals surface area (Å²) in [7, 11) is 0. The monoisotopic (exact) mass is 325 g/mol. The van der Waals surface area contributed by atoms with Crippen LogP contribution in [0.4, 0.5) is 5.69 Å². The first-order valence-corrected chi connectivity index (χ1v) is 7.69. The number of carboxylic acid groups (broad SMARTS) is 1. The molecule has 1 saturated carbocycles. The van der Waals surface area contributed by atoms with E-state index < -0.39 is 5.97 Å². The van der Waals surface area contributed by atoms with E-state index in [9.17, 15) is 9.90 Å². The van der Waals surface area contributed by atoms with Gasteiger partial charge in [-0.3, -0.25) is 0 Å². The summed E-state index contributed by atoms with van der Waals surface area (Å²) in [6.45, 7) is 2.23. The van der Waals surface area contributed by atoms with Gasteiger partial charge in [0.25, 0.3) is 0 Å². The first kappa shape index (κ1) is 14.4. The number of carboxylic acids is 1. The molecule has 104 valence electrons. The Bertz CT molecular complexity index is 461. The molecule has 0 bridgehead atoms. The van der Waals surface area contributed by atoms with Crippen LogP contribution in [-0.2, 0) is 0 Å². The molecular formula is C15H20BrNO2. The van der Waals surface area contributed by atoms with Gasteiger partial charge in [0.05, 0.1) is 11.3 Å². The number of nitrogens with one attached hydrogen (secondary N) is 1. The first-order chi connectivity index (χ1) is 9.11. The van der Waals surface area contributed by atoms with Crippen molar-refractivity contribution < 1.29 is 9.90 Å². The summed E-state index contributed by atoms with van der Waals surface area (Å²) in [6, 6.07) is 5.89. The lowest BCUT2D eigenvalue weighted by molar-refractivity contribution is 0.0697. The maximum atomic E-state index is 11.3. The molecule has 0 radical (unpaired) electrons. The molecule has 2 unspecified atom stereocenters. The Labute approximate surface area is 122 Å². The Morgan fingerprint density at radius 3 is 2.95 bits per heavy atom. The van der Waals surface area contributed by atoms with Crippen LogP contribution in [0.3, 0.4) is 0 Å². The van der Waals surface area contributed by atoms with Gasteiger partial charge in [0, 0.05) is 10.5 Å². The van der Waals surface area contributed by atoms with Crippen LogP contribution in [0, 0.1) is 5.92 Å². The lowest BCUT2D eigenvalue weighted by Crippen LogP contribution is -2.27. The highest BCUT2D eigenvalue weighted by Crippen LogP contribution is 2.31. The molecule has 0 aliphatic heterocycles. The molecule has 19 heavy (non-hydrogen) atoms. The summed E-state index contributed by atoms with van der Waals surface area (Å²) < 4.78 is 0.632. The molecule has 1 aromatic rings. The van der Waals surface area contributed by atoms with Crippen molar-refractivity contribution in [3.05, 3.63) is 28.2 Å². The number of rotatable bonds is 4. The van der Waals surface area contributed by atoms with E-state index in [1.165, 1.54) is 19.3 Å². The van der Waals surface area contributed by atoms with Crippen LogP contribution in [0.2, 0.25) is 0 Å². The van der Waals surface area contributed by atoms with Gasteiger partial charge < -0.3 is 10.4 Å². The molecule has 2 N–H and O–H groups in total. The molecule has 0 heterocycles. The van der Waals surface area contributed by atoms with E-state index in [-0.39, 0.29) is 0 Å². The number of carbonyl (C=O) groups is 1. The van der Waals surface area contributed by atoms with Crippen molar-refractivity contribution in [3.8, 4) is 0 Å². The zero-order valence-electron chi connectivity index (χ0n) is 11.2. The minimum atomic E-state index is -0.891. The molecule has 0 saturated heterocycles. The SMILES string of the molecule is CCC1CCCC(Nc2cccc(Br)c2C(=O)O)C1. The fourth-order valence-corrected chi connectivity index (χ4v) is 3.41. The maximum absolute atomic E-state index is 11.3. The second kappa shape index (κ2) is 6.42. The smallest absolute Gasteiger partial charge is 0.338 e. The largest absolute Gasteiger partial charge is 0.478 e. The van der Waals surface area contributed by atoms with Crippen molar-refractivity contribution >= 4 is 27.6 Å². The van der Waals surface area contributed by atoms with Crippen molar-refractivity contribution in [2.45, 2.75) is 45.1 Å². The van der Waals surface area contributed by atoms with Crippen molar-refractivity contribution in [1.29, 1.82) is 0 Å². The van der Waals surface area contributed by atoms with Crippen molar-refractivity contribution in [3.63, 3.8) is 0 Å². The van der Waals surface area contributed by atoms with E-state index in [4.69, 9.17) is 0 Å². The quantitative estimate of drug-likeness (QED) is 0.855. The molecule has 2 rings (SSSR count). The predicted octanol–water partition coefficient (Wildman–Crippen LogP) is 4.53. The van der Waals surface area contributed by atoms with E-state index in [1.54, 1.807) is 6.07 Å². The molecule has 1 aliphatic rings. The summed E-state index contributed by atoms with van der Waals surface area (Å²) >= 11 is 3.32. The van der Waals surface area contributed by atoms with Gasteiger partial charge >= 0.3 is 5.97 Å². The van der Waals surface area contributed by atoms with Gasteiger partial charge in [-0.2, -0.15) is 0 Å². The van der Waals surface area contributed by atoms with Gasteiger partial charge in [-0.05, 0) is 46.8 Å². The molecular weight excluding hydrogens is 306 g/mol. The maximum Gasteiger partial charge on any atom is 0.338 e. The molecule has 1 aromatic carbocycles. The molecule has 0 aromatic heterocycles. The molecule has 1 fully saturated rings. The number of hydrogen-bond acceptors (Lipinski definition) is 2. The van der Waals surface area contributed by atoms with Crippen molar-refractivity contribution in [2.75, 3.05) is 5.32 Å². The average molecular weight is 326 g/mol. The zero-order chi connectivity index (χ0) is 13.8. The lowest BCUT2D eigenvalue weighted by atomic mass is 9.84. The highest BCUT2D eigenvalue weighted by Gasteiger charge is 2.22. The number of anilines is 1. The molecule has 0 amide bonds. The fraction of sp³-hybridized carbons (Fsp3) is 0.533. The third kappa shape index (κ3) is 3.50. The van der Waals surface area contributed by atoms with Crippen LogP contribution in [0.15, 0.2) is 22.7 Å². The van der Waals surface area contributed by atoms with Gasteiger partial charge in [-0.1, -0.05) is 32.3 Å². The summed E-state index contributed by atoms with van der Waals surface area (Å²) in [5, 5.41) is 12.7. The normalized spacial score (nSPS) is 23.1. The minimum absolute atomic E-state index is 0.334. The van der Waals surface area contributed by atoms with Gasteiger partial charge in [-0.25, -0.2) is 4.79 Å². The second-order valence-electron chi connectivity index (χ2n) is 5.25. The minimum Gasteiger partial charge on any atom is -0.478 e. The fourth-order valence-electron chi connectivity index (χ4n) is 2.87. The van der Waals surface area contributed by atoms with Crippen LogP contribution in [0.25, 0.3) is 0 Å². The van der Waals surface area contributed by atoms with Crippen LogP contribution < -0.4 is 5.32 Å². The highest BCUT2D eigenvalue weighted by molar-refractivity contribution is 9.10. The molecule has 1 aliphatic carbocycles. The van der Waals surface area contributed by atoms with Gasteiger partial charge in [0.2, 0.25) is 0 Å². The summed E-state index contributed by atoms with van der Waals surface area (Å²) in [4.78, 5) is 11.3. The molecule has 4 heteroatoms.